The van der Waals surface area contributed by atoms with Crippen LogP contribution < -0.4 is 0 Å². The molecule has 0 heterocycles. The third-order valence-corrected chi connectivity index (χ3v) is 3.10. The van der Waals surface area contributed by atoms with E-state index in [-0.39, 0.29) is 32.2 Å². The fraction of sp³-hybridized carbons (Fsp3) is 0.500. The average Bonchev–Trinajstić information content (AvgIpc) is 2.58. The van der Waals surface area contributed by atoms with Gasteiger partial charge in [-0.05, 0) is 5.56 Å². The smallest absolute Gasteiger partial charge is 0.469 e. The van der Waals surface area contributed by atoms with E-state index in [1.165, 1.54) is 7.11 Å². The molecule has 7 heteroatoms. The molecule has 0 atom stereocenters. The Labute approximate surface area is 135 Å². The van der Waals surface area contributed by atoms with Gasteiger partial charge in [0, 0.05) is 19.6 Å². The van der Waals surface area contributed by atoms with E-state index in [0.717, 1.165) is 5.56 Å². The Kier molecular flexibility index (Phi) is 9.42. The lowest BCUT2D eigenvalue weighted by Gasteiger charge is -2.20. The van der Waals surface area contributed by atoms with Crippen LogP contribution in [0.15, 0.2) is 30.3 Å². The van der Waals surface area contributed by atoms with E-state index in [1.54, 1.807) is 4.90 Å². The van der Waals surface area contributed by atoms with Crippen LogP contribution in [-0.4, -0.2) is 62.1 Å². The van der Waals surface area contributed by atoms with Crippen molar-refractivity contribution in [1.29, 1.82) is 0 Å². The Bertz CT molecular complexity index is 465. The molecule has 0 aliphatic rings. The Morgan fingerprint density at radius 1 is 1.09 bits per heavy atom. The molecule has 1 N–H and O–H groups in total. The van der Waals surface area contributed by atoms with Crippen LogP contribution in [0.5, 0.6) is 0 Å². The summed E-state index contributed by atoms with van der Waals surface area (Å²) in [5, 5.41) is 8.99. The highest BCUT2D eigenvalue weighted by atomic mass is 16.7. The molecule has 0 saturated heterocycles. The van der Waals surface area contributed by atoms with Crippen LogP contribution in [0.25, 0.3) is 0 Å². The summed E-state index contributed by atoms with van der Waals surface area (Å²) in [5.74, 6) is -0.323. The highest BCUT2D eigenvalue weighted by molar-refractivity contribution is 5.69. The van der Waals surface area contributed by atoms with E-state index in [9.17, 15) is 9.59 Å². The van der Waals surface area contributed by atoms with E-state index in [1.807, 2.05) is 30.3 Å². The maximum Gasteiger partial charge on any atom is 0.508 e. The van der Waals surface area contributed by atoms with Crippen molar-refractivity contribution in [2.45, 2.75) is 13.0 Å². The highest BCUT2D eigenvalue weighted by Gasteiger charge is 2.10. The van der Waals surface area contributed by atoms with Crippen molar-refractivity contribution in [2.75, 3.05) is 40.0 Å². The molecule has 0 bridgehead atoms. The second kappa shape index (κ2) is 11.4. The number of esters is 1. The van der Waals surface area contributed by atoms with Gasteiger partial charge in [0.1, 0.15) is 13.2 Å². The first-order chi connectivity index (χ1) is 11.2. The first-order valence-electron chi connectivity index (χ1n) is 7.39. The lowest BCUT2D eigenvalue weighted by molar-refractivity contribution is -0.141. The van der Waals surface area contributed by atoms with Crippen molar-refractivity contribution in [3.05, 3.63) is 35.9 Å². The molecule has 0 aliphatic heterocycles. The molecule has 0 radical (unpaired) electrons. The molecule has 0 spiro atoms. The van der Waals surface area contributed by atoms with Crippen LogP contribution in [0.2, 0.25) is 0 Å². The van der Waals surface area contributed by atoms with Crippen LogP contribution in [0.4, 0.5) is 4.79 Å². The van der Waals surface area contributed by atoms with Crippen molar-refractivity contribution in [1.82, 2.24) is 4.90 Å². The first kappa shape index (κ1) is 18.9. The zero-order valence-electron chi connectivity index (χ0n) is 13.3. The number of aliphatic hydroxyl groups is 1. The van der Waals surface area contributed by atoms with Gasteiger partial charge in [-0.2, -0.15) is 0 Å². The van der Waals surface area contributed by atoms with Gasteiger partial charge in [0.2, 0.25) is 0 Å². The van der Waals surface area contributed by atoms with Gasteiger partial charge >= 0.3 is 12.1 Å². The number of hydrogen-bond donors (Lipinski definition) is 1. The molecule has 0 aliphatic carbocycles. The number of carbonyl (C=O) groups excluding carboxylic acids is 2. The zero-order chi connectivity index (χ0) is 16.9. The lowest BCUT2D eigenvalue weighted by atomic mass is 10.2. The highest BCUT2D eigenvalue weighted by Crippen LogP contribution is 2.02. The molecule has 1 aromatic carbocycles. The molecule has 23 heavy (non-hydrogen) atoms. The number of benzene rings is 1. The van der Waals surface area contributed by atoms with Gasteiger partial charge < -0.3 is 19.3 Å². The van der Waals surface area contributed by atoms with Gasteiger partial charge in [-0.15, -0.1) is 0 Å². The van der Waals surface area contributed by atoms with Gasteiger partial charge in [-0.25, -0.2) is 4.79 Å². The number of aliphatic hydroxyl groups excluding tert-OH is 1. The molecule has 0 saturated carbocycles. The monoisotopic (exact) mass is 325 g/mol. The second-order valence-electron chi connectivity index (χ2n) is 4.76. The van der Waals surface area contributed by atoms with Gasteiger partial charge in [0.25, 0.3) is 0 Å². The first-order valence-corrected chi connectivity index (χ1v) is 7.39. The van der Waals surface area contributed by atoms with Crippen molar-refractivity contribution in [3.63, 3.8) is 0 Å². The maximum atomic E-state index is 11.5. The number of rotatable bonds is 10. The third-order valence-electron chi connectivity index (χ3n) is 3.10. The summed E-state index contributed by atoms with van der Waals surface area (Å²) in [6.07, 6.45) is -0.527. The number of methoxy groups -OCH3 is 1. The molecular formula is C16H23NO6. The van der Waals surface area contributed by atoms with Crippen LogP contribution >= 0.6 is 0 Å². The Morgan fingerprint density at radius 3 is 2.48 bits per heavy atom. The predicted molar refractivity (Wildman–Crippen MR) is 82.7 cm³/mol. The quantitative estimate of drug-likeness (QED) is 0.647. The maximum absolute atomic E-state index is 11.5. The fourth-order valence-electron chi connectivity index (χ4n) is 1.84. The molecule has 0 aromatic heterocycles. The van der Waals surface area contributed by atoms with Crippen LogP contribution in [0, 0.1) is 0 Å². The summed E-state index contributed by atoms with van der Waals surface area (Å²) in [7, 11) is 1.32. The number of hydrogen-bond acceptors (Lipinski definition) is 7. The largest absolute Gasteiger partial charge is 0.508 e. The van der Waals surface area contributed by atoms with E-state index in [0.29, 0.717) is 19.6 Å². The van der Waals surface area contributed by atoms with Crippen LogP contribution in [0.1, 0.15) is 12.0 Å². The SMILES string of the molecule is COC(=O)CCN(CCO)CCOC(=O)OCc1ccccc1. The summed E-state index contributed by atoms with van der Waals surface area (Å²) >= 11 is 0. The molecule has 1 aromatic rings. The number of carbonyl (C=O) groups is 2. The molecule has 1 rings (SSSR count). The van der Waals surface area contributed by atoms with Crippen molar-refractivity contribution in [3.8, 4) is 0 Å². The van der Waals surface area contributed by atoms with Gasteiger partial charge in [0.15, 0.2) is 0 Å². The van der Waals surface area contributed by atoms with Crippen molar-refractivity contribution < 1.29 is 28.9 Å². The Balaban J connectivity index is 2.21. The zero-order valence-corrected chi connectivity index (χ0v) is 13.3. The van der Waals surface area contributed by atoms with Gasteiger partial charge in [0.05, 0.1) is 20.1 Å². The average molecular weight is 325 g/mol. The minimum Gasteiger partial charge on any atom is -0.469 e. The molecule has 7 nitrogen and oxygen atoms in total. The second-order valence-corrected chi connectivity index (χ2v) is 4.76. The van der Waals surface area contributed by atoms with Gasteiger partial charge in [-0.1, -0.05) is 30.3 Å². The molecular weight excluding hydrogens is 302 g/mol. The normalized spacial score (nSPS) is 10.4. The van der Waals surface area contributed by atoms with E-state index in [4.69, 9.17) is 14.6 Å². The minimum absolute atomic E-state index is 0.0420. The summed E-state index contributed by atoms with van der Waals surface area (Å²) in [6.45, 7) is 1.45. The van der Waals surface area contributed by atoms with E-state index >= 15 is 0 Å². The van der Waals surface area contributed by atoms with Gasteiger partial charge in [-0.3, -0.25) is 9.69 Å². The molecule has 0 unspecified atom stereocenters. The summed E-state index contributed by atoms with van der Waals surface area (Å²) < 4.78 is 14.5. The predicted octanol–water partition coefficient (Wildman–Crippen LogP) is 1.20. The molecule has 128 valence electrons. The molecule has 0 amide bonds. The molecule has 0 fully saturated rings. The standard InChI is InChI=1S/C16H23NO6/c1-21-15(19)7-8-17(9-11-18)10-12-22-16(20)23-13-14-5-3-2-4-6-14/h2-6,18H,7-13H2,1H3. The van der Waals surface area contributed by atoms with Crippen LogP contribution in [0.3, 0.4) is 0 Å². The summed E-state index contributed by atoms with van der Waals surface area (Å²) in [6, 6.07) is 9.30. The Morgan fingerprint density at radius 2 is 1.83 bits per heavy atom. The lowest BCUT2D eigenvalue weighted by Crippen LogP contribution is -2.33. The fourth-order valence-corrected chi connectivity index (χ4v) is 1.84. The van der Waals surface area contributed by atoms with Crippen molar-refractivity contribution >= 4 is 12.1 Å². The number of nitrogens with zero attached hydrogens (tertiary/aromatic N) is 1. The minimum atomic E-state index is -0.745. The Hall–Kier alpha value is -2.12. The van der Waals surface area contributed by atoms with Crippen molar-refractivity contribution in [2.24, 2.45) is 0 Å². The van der Waals surface area contributed by atoms with E-state index in [2.05, 4.69) is 4.74 Å². The summed E-state index contributed by atoms with van der Waals surface area (Å²) in [5.41, 5.74) is 0.879. The topological polar surface area (TPSA) is 85.3 Å². The summed E-state index contributed by atoms with van der Waals surface area (Å²) in [4.78, 5) is 24.4. The number of ether oxygens (including phenoxy) is 3. The van der Waals surface area contributed by atoms with Crippen LogP contribution in [-0.2, 0) is 25.6 Å². The third kappa shape index (κ3) is 8.80. The van der Waals surface area contributed by atoms with E-state index < -0.39 is 6.16 Å².